The van der Waals surface area contributed by atoms with Crippen LogP contribution in [0.5, 0.6) is 11.6 Å². The van der Waals surface area contributed by atoms with E-state index in [1.165, 1.54) is 21.0 Å². The number of benzene rings is 1. The first-order valence-electron chi connectivity index (χ1n) is 11.4. The zero-order valence-electron chi connectivity index (χ0n) is 19.6. The van der Waals surface area contributed by atoms with Crippen molar-refractivity contribution in [1.29, 1.82) is 0 Å². The summed E-state index contributed by atoms with van der Waals surface area (Å²) in [6.45, 7) is 6.56. The van der Waals surface area contributed by atoms with Gasteiger partial charge < -0.3 is 15.4 Å². The summed E-state index contributed by atoms with van der Waals surface area (Å²) >= 11 is 0. The molecule has 2 aromatic heterocycles. The first-order chi connectivity index (χ1) is 16.2. The third-order valence-electron chi connectivity index (χ3n) is 6.57. The van der Waals surface area contributed by atoms with Gasteiger partial charge in [-0.2, -0.15) is 9.40 Å². The minimum atomic E-state index is -3.17. The van der Waals surface area contributed by atoms with Crippen molar-refractivity contribution >= 4 is 15.8 Å². The summed E-state index contributed by atoms with van der Waals surface area (Å²) in [4.78, 5) is 11.3. The number of nitrogens with zero attached hydrogens (tertiary/aromatic N) is 6. The summed E-state index contributed by atoms with van der Waals surface area (Å²) < 4.78 is 33.0. The molecule has 0 radical (unpaired) electrons. The summed E-state index contributed by atoms with van der Waals surface area (Å²) in [7, 11) is -1.04. The van der Waals surface area contributed by atoms with Crippen LogP contribution in [0.1, 0.15) is 29.7 Å². The van der Waals surface area contributed by atoms with Gasteiger partial charge in [-0.3, -0.25) is 4.68 Å². The summed E-state index contributed by atoms with van der Waals surface area (Å²) in [6, 6.07) is 4.29. The quantitative estimate of drug-likeness (QED) is 0.567. The van der Waals surface area contributed by atoms with Crippen molar-refractivity contribution in [3.05, 3.63) is 47.4 Å². The molecule has 0 saturated carbocycles. The zero-order chi connectivity index (χ0) is 24.0. The minimum absolute atomic E-state index is 0.0231. The number of aryl methyl sites for hydroxylation is 1. The van der Waals surface area contributed by atoms with Crippen LogP contribution in [0.2, 0.25) is 0 Å². The molecule has 11 heteroatoms. The molecule has 4 heterocycles. The van der Waals surface area contributed by atoms with Gasteiger partial charge in [0.25, 0.3) is 5.88 Å². The largest absolute Gasteiger partial charge is 0.433 e. The second-order valence-electron chi connectivity index (χ2n) is 8.99. The summed E-state index contributed by atoms with van der Waals surface area (Å²) in [5.74, 6) is 0.975. The van der Waals surface area contributed by atoms with Crippen LogP contribution in [0.25, 0.3) is 11.3 Å². The summed E-state index contributed by atoms with van der Waals surface area (Å²) in [5, 5.41) is 4.33. The van der Waals surface area contributed by atoms with E-state index >= 15 is 0 Å². The van der Waals surface area contributed by atoms with Crippen molar-refractivity contribution in [2.75, 3.05) is 38.2 Å². The molecule has 180 valence electrons. The van der Waals surface area contributed by atoms with Crippen molar-refractivity contribution in [2.45, 2.75) is 32.9 Å². The van der Waals surface area contributed by atoms with E-state index in [1.807, 2.05) is 0 Å². The highest BCUT2D eigenvalue weighted by atomic mass is 32.2. The maximum absolute atomic E-state index is 11.9. The molecule has 1 aromatic carbocycles. The Kier molecular flexibility index (Phi) is 5.78. The zero-order valence-corrected chi connectivity index (χ0v) is 20.4. The molecule has 2 aliphatic rings. The lowest BCUT2D eigenvalue weighted by Crippen LogP contribution is -2.51. The number of aromatic nitrogens is 4. The van der Waals surface area contributed by atoms with E-state index in [9.17, 15) is 8.42 Å². The highest BCUT2D eigenvalue weighted by molar-refractivity contribution is 7.89. The first-order valence-corrected chi connectivity index (χ1v) is 13.0. The van der Waals surface area contributed by atoms with Gasteiger partial charge >= 0.3 is 0 Å². The van der Waals surface area contributed by atoms with E-state index in [0.717, 1.165) is 25.1 Å². The van der Waals surface area contributed by atoms with Gasteiger partial charge in [0.15, 0.2) is 11.6 Å². The summed E-state index contributed by atoms with van der Waals surface area (Å²) in [6.07, 6.45) is 6.01. The number of sulfonamides is 1. The first kappa shape index (κ1) is 22.8. The lowest BCUT2D eigenvalue weighted by Gasteiger charge is -2.37. The predicted molar refractivity (Wildman–Crippen MR) is 129 cm³/mol. The Morgan fingerprint density at radius 1 is 1.24 bits per heavy atom. The standard InChI is InChI=1S/C23H29N7O3S/c1-4-34(31,32)29-12-18(13-29)30-14-19(9-26-30)33-23-22(24)25-10-21(27-23)16-7-15(2)20-5-6-28(3)11-17(20)8-16/h7-10,14,18H,4-6,11-13H2,1-3H3,(H2,24,25). The predicted octanol–water partition coefficient (Wildman–Crippen LogP) is 2.22. The molecule has 34 heavy (non-hydrogen) atoms. The Labute approximate surface area is 199 Å². The minimum Gasteiger partial charge on any atom is -0.433 e. The van der Waals surface area contributed by atoms with Crippen molar-refractivity contribution < 1.29 is 13.2 Å². The maximum Gasteiger partial charge on any atom is 0.263 e. The van der Waals surface area contributed by atoms with Crippen LogP contribution >= 0.6 is 0 Å². The molecule has 0 atom stereocenters. The fourth-order valence-corrected chi connectivity index (χ4v) is 5.65. The number of hydrogen-bond acceptors (Lipinski definition) is 8. The Hall–Kier alpha value is -3.02. The van der Waals surface area contributed by atoms with Gasteiger partial charge in [-0.1, -0.05) is 0 Å². The number of nitrogen functional groups attached to an aromatic ring is 1. The molecule has 1 saturated heterocycles. The molecule has 0 aliphatic carbocycles. The molecular weight excluding hydrogens is 454 g/mol. The smallest absolute Gasteiger partial charge is 0.263 e. The van der Waals surface area contributed by atoms with Gasteiger partial charge in [-0.05, 0) is 56.1 Å². The molecule has 3 aromatic rings. The van der Waals surface area contributed by atoms with E-state index in [1.54, 1.807) is 30.2 Å². The Balaban J connectivity index is 1.34. The maximum atomic E-state index is 11.9. The van der Waals surface area contributed by atoms with E-state index in [0.29, 0.717) is 24.5 Å². The topological polar surface area (TPSA) is 119 Å². The fraction of sp³-hybridized carbons (Fsp3) is 0.435. The lowest BCUT2D eigenvalue weighted by molar-refractivity contribution is 0.191. The van der Waals surface area contributed by atoms with Crippen LogP contribution in [0.3, 0.4) is 0 Å². The fourth-order valence-electron chi connectivity index (χ4n) is 4.48. The van der Waals surface area contributed by atoms with Crippen molar-refractivity contribution in [2.24, 2.45) is 0 Å². The van der Waals surface area contributed by atoms with Crippen LogP contribution in [0.4, 0.5) is 5.82 Å². The molecular formula is C23H29N7O3S. The average Bonchev–Trinajstić information content (AvgIpc) is 3.21. The van der Waals surface area contributed by atoms with E-state index in [-0.39, 0.29) is 23.5 Å². The number of rotatable bonds is 6. The van der Waals surface area contributed by atoms with Gasteiger partial charge in [-0.25, -0.2) is 18.4 Å². The molecule has 0 unspecified atom stereocenters. The molecule has 0 amide bonds. The van der Waals surface area contributed by atoms with E-state index in [4.69, 9.17) is 10.5 Å². The van der Waals surface area contributed by atoms with Crippen molar-refractivity contribution in [3.8, 4) is 22.9 Å². The normalized spacial score (nSPS) is 17.4. The number of hydrogen-bond donors (Lipinski definition) is 1. The van der Waals surface area contributed by atoms with Crippen molar-refractivity contribution in [1.82, 2.24) is 29.0 Å². The van der Waals surface area contributed by atoms with Crippen molar-refractivity contribution in [3.63, 3.8) is 0 Å². The van der Waals surface area contributed by atoms with E-state index < -0.39 is 10.0 Å². The van der Waals surface area contributed by atoms with E-state index in [2.05, 4.69) is 46.1 Å². The Morgan fingerprint density at radius 3 is 2.79 bits per heavy atom. The number of ether oxygens (including phenoxy) is 1. The molecule has 5 rings (SSSR count). The lowest BCUT2D eigenvalue weighted by atomic mass is 9.92. The Morgan fingerprint density at radius 2 is 2.03 bits per heavy atom. The third-order valence-corrected chi connectivity index (χ3v) is 8.38. The van der Waals surface area contributed by atoms with Crippen LogP contribution in [0, 0.1) is 6.92 Å². The van der Waals surface area contributed by atoms with Crippen LogP contribution < -0.4 is 10.5 Å². The second-order valence-corrected chi connectivity index (χ2v) is 11.3. The summed E-state index contributed by atoms with van der Waals surface area (Å²) in [5.41, 5.74) is 11.7. The van der Waals surface area contributed by atoms with Gasteiger partial charge in [0, 0.05) is 31.7 Å². The van der Waals surface area contributed by atoms with Crippen LogP contribution in [0.15, 0.2) is 30.7 Å². The average molecular weight is 484 g/mol. The van der Waals surface area contributed by atoms with Gasteiger partial charge in [-0.15, -0.1) is 0 Å². The molecule has 1 fully saturated rings. The SMILES string of the molecule is CCS(=O)(=O)N1CC(n2cc(Oc3nc(-c4cc(C)c5c(c4)CN(C)CC5)cnc3N)cn2)C1. The molecule has 0 bridgehead atoms. The van der Waals surface area contributed by atoms with Crippen LogP contribution in [-0.4, -0.2) is 69.8 Å². The second kappa shape index (κ2) is 8.64. The molecule has 2 aliphatic heterocycles. The number of nitrogens with two attached hydrogens (primary N) is 1. The highest BCUT2D eigenvalue weighted by Gasteiger charge is 2.36. The number of fused-ring (bicyclic) bond motifs is 1. The van der Waals surface area contributed by atoms with Gasteiger partial charge in [0.2, 0.25) is 10.0 Å². The molecule has 10 nitrogen and oxygen atoms in total. The Bertz CT molecular complexity index is 1330. The molecule has 0 spiro atoms. The van der Waals surface area contributed by atoms with Gasteiger partial charge in [0.05, 0.1) is 36.1 Å². The number of likely N-dealkylation sites (N-methyl/N-ethyl adjacent to an activating group) is 1. The van der Waals surface area contributed by atoms with Crippen LogP contribution in [-0.2, 0) is 23.0 Å². The molecule has 2 N–H and O–H groups in total. The monoisotopic (exact) mass is 483 g/mol. The number of anilines is 1. The third kappa shape index (κ3) is 4.26. The highest BCUT2D eigenvalue weighted by Crippen LogP contribution is 2.32. The van der Waals surface area contributed by atoms with Gasteiger partial charge in [0.1, 0.15) is 0 Å².